The highest BCUT2D eigenvalue weighted by atomic mass is 35.5. The van der Waals surface area contributed by atoms with Crippen molar-refractivity contribution in [1.82, 2.24) is 0 Å². The lowest BCUT2D eigenvalue weighted by Gasteiger charge is -2.20. The second-order valence-electron chi connectivity index (χ2n) is 3.24. The van der Waals surface area contributed by atoms with Gasteiger partial charge in [-0.25, -0.2) is 0 Å². The number of halogens is 2. The minimum atomic E-state index is 0. The molecule has 1 aromatic rings. The van der Waals surface area contributed by atoms with Gasteiger partial charge in [-0.15, -0.1) is 24.8 Å². The third-order valence-electron chi connectivity index (χ3n) is 2.46. The molecule has 86 valence electrons. The summed E-state index contributed by atoms with van der Waals surface area (Å²) in [7, 11) is 1.65. The second kappa shape index (κ2) is 5.93. The Labute approximate surface area is 102 Å². The summed E-state index contributed by atoms with van der Waals surface area (Å²) in [5.74, 6) is 0.780. The number of nitrogens with two attached hydrogens (primary N) is 1. The van der Waals surface area contributed by atoms with E-state index in [1.807, 2.05) is 12.1 Å². The van der Waals surface area contributed by atoms with Gasteiger partial charge in [0, 0.05) is 17.8 Å². The maximum atomic E-state index is 5.95. The van der Waals surface area contributed by atoms with E-state index in [4.69, 9.17) is 10.5 Å². The first-order valence-corrected chi connectivity index (χ1v) is 4.52. The molecule has 0 fully saturated rings. The lowest BCUT2D eigenvalue weighted by molar-refractivity contribution is 0.416. The monoisotopic (exact) mass is 250 g/mol. The van der Waals surface area contributed by atoms with Crippen LogP contribution in [0.2, 0.25) is 0 Å². The summed E-state index contributed by atoms with van der Waals surface area (Å²) >= 11 is 0. The Morgan fingerprint density at radius 1 is 1.33 bits per heavy atom. The average molecular weight is 251 g/mol. The van der Waals surface area contributed by atoms with Gasteiger partial charge in [0.05, 0.1) is 12.8 Å². The molecule has 0 radical (unpaired) electrons. The molecule has 2 rings (SSSR count). The Balaban J connectivity index is 0.000000980. The van der Waals surface area contributed by atoms with Crippen molar-refractivity contribution in [2.45, 2.75) is 12.8 Å². The van der Waals surface area contributed by atoms with Gasteiger partial charge in [-0.2, -0.15) is 0 Å². The van der Waals surface area contributed by atoms with Crippen LogP contribution in [0.15, 0.2) is 12.1 Å². The minimum Gasteiger partial charge on any atom is -0.495 e. The molecular formula is C10H16Cl2N2O. The highest BCUT2D eigenvalue weighted by Crippen LogP contribution is 2.33. The molecule has 1 aliphatic heterocycles. The van der Waals surface area contributed by atoms with Gasteiger partial charge >= 0.3 is 0 Å². The number of fused-ring (bicyclic) bond motifs is 1. The number of hydrogen-bond acceptors (Lipinski definition) is 3. The predicted molar refractivity (Wildman–Crippen MR) is 68.7 cm³/mol. The third kappa shape index (κ3) is 2.61. The topological polar surface area (TPSA) is 47.3 Å². The largest absolute Gasteiger partial charge is 0.495 e. The van der Waals surface area contributed by atoms with E-state index >= 15 is 0 Å². The molecule has 3 N–H and O–H groups in total. The van der Waals surface area contributed by atoms with E-state index in [1.165, 1.54) is 5.56 Å². The van der Waals surface area contributed by atoms with E-state index in [0.717, 1.165) is 36.5 Å². The zero-order valence-electron chi connectivity index (χ0n) is 8.58. The van der Waals surface area contributed by atoms with Crippen LogP contribution >= 0.6 is 24.8 Å². The van der Waals surface area contributed by atoms with Crippen LogP contribution in [0.5, 0.6) is 5.75 Å². The van der Waals surface area contributed by atoms with Gasteiger partial charge in [0.1, 0.15) is 5.75 Å². The van der Waals surface area contributed by atoms with Crippen LogP contribution in [0.25, 0.3) is 0 Å². The first-order chi connectivity index (χ1) is 6.33. The Kier molecular flexibility index (Phi) is 5.61. The van der Waals surface area contributed by atoms with Gasteiger partial charge in [-0.05, 0) is 25.0 Å². The summed E-state index contributed by atoms with van der Waals surface area (Å²) in [5, 5.41) is 3.32. The van der Waals surface area contributed by atoms with Crippen molar-refractivity contribution in [2.24, 2.45) is 0 Å². The predicted octanol–water partition coefficient (Wildman–Crippen LogP) is 2.48. The maximum absolute atomic E-state index is 5.95. The van der Waals surface area contributed by atoms with E-state index in [0.29, 0.717) is 0 Å². The first-order valence-electron chi connectivity index (χ1n) is 4.52. The Morgan fingerprint density at radius 2 is 2.07 bits per heavy atom. The van der Waals surface area contributed by atoms with E-state index < -0.39 is 0 Å². The van der Waals surface area contributed by atoms with Crippen LogP contribution in [0.1, 0.15) is 12.0 Å². The molecule has 0 amide bonds. The normalized spacial score (nSPS) is 12.6. The van der Waals surface area contributed by atoms with Crippen LogP contribution in [-0.4, -0.2) is 13.7 Å². The summed E-state index contributed by atoms with van der Waals surface area (Å²) in [6.45, 7) is 1.04. The van der Waals surface area contributed by atoms with E-state index in [9.17, 15) is 0 Å². The molecule has 5 heteroatoms. The van der Waals surface area contributed by atoms with Crippen molar-refractivity contribution in [1.29, 1.82) is 0 Å². The zero-order valence-corrected chi connectivity index (χ0v) is 10.2. The number of nitrogen functional groups attached to an aromatic ring is 1. The van der Waals surface area contributed by atoms with Crippen molar-refractivity contribution in [3.8, 4) is 5.75 Å². The second-order valence-corrected chi connectivity index (χ2v) is 3.24. The Morgan fingerprint density at radius 3 is 2.73 bits per heavy atom. The van der Waals surface area contributed by atoms with Crippen molar-refractivity contribution in [3.05, 3.63) is 17.7 Å². The average Bonchev–Trinajstić information content (AvgIpc) is 2.19. The highest BCUT2D eigenvalue weighted by molar-refractivity contribution is 5.85. The smallest absolute Gasteiger partial charge is 0.142 e. The summed E-state index contributed by atoms with van der Waals surface area (Å²) < 4.78 is 5.16. The maximum Gasteiger partial charge on any atom is 0.142 e. The number of ether oxygens (including phenoxy) is 1. The van der Waals surface area contributed by atoms with Gasteiger partial charge in [0.15, 0.2) is 0 Å². The van der Waals surface area contributed by atoms with Crippen molar-refractivity contribution >= 4 is 36.2 Å². The van der Waals surface area contributed by atoms with Crippen molar-refractivity contribution in [2.75, 3.05) is 24.7 Å². The van der Waals surface area contributed by atoms with E-state index in [2.05, 4.69) is 5.32 Å². The quantitative estimate of drug-likeness (QED) is 0.754. The molecule has 0 saturated carbocycles. The standard InChI is InChI=1S/C10H14N2O.2ClH/c1-13-9-5-4-8-7(10(9)11)3-2-6-12-8;;/h4-5,12H,2-3,6,11H2,1H3;2*1H. The number of methoxy groups -OCH3 is 1. The summed E-state index contributed by atoms with van der Waals surface area (Å²) in [6, 6.07) is 3.94. The van der Waals surface area contributed by atoms with Crippen LogP contribution in [-0.2, 0) is 6.42 Å². The molecule has 1 aromatic carbocycles. The molecule has 3 nitrogen and oxygen atoms in total. The third-order valence-corrected chi connectivity index (χ3v) is 2.46. The molecule has 1 heterocycles. The van der Waals surface area contributed by atoms with Crippen LogP contribution in [0.4, 0.5) is 11.4 Å². The van der Waals surface area contributed by atoms with Gasteiger partial charge in [-0.1, -0.05) is 0 Å². The van der Waals surface area contributed by atoms with Crippen molar-refractivity contribution in [3.63, 3.8) is 0 Å². The SMILES string of the molecule is COc1ccc2c(c1N)CCCN2.Cl.Cl. The van der Waals surface area contributed by atoms with Gasteiger partial charge in [0.25, 0.3) is 0 Å². The molecular weight excluding hydrogens is 235 g/mol. The van der Waals surface area contributed by atoms with E-state index in [1.54, 1.807) is 7.11 Å². The fourth-order valence-corrected chi connectivity index (χ4v) is 1.74. The zero-order chi connectivity index (χ0) is 9.26. The number of nitrogens with one attached hydrogen (secondary N) is 1. The number of rotatable bonds is 1. The minimum absolute atomic E-state index is 0. The van der Waals surface area contributed by atoms with Gasteiger partial charge in [0.2, 0.25) is 0 Å². The molecule has 0 atom stereocenters. The van der Waals surface area contributed by atoms with Crippen LogP contribution in [0, 0.1) is 0 Å². The fourth-order valence-electron chi connectivity index (χ4n) is 1.74. The fraction of sp³-hybridized carbons (Fsp3) is 0.400. The van der Waals surface area contributed by atoms with Crippen molar-refractivity contribution < 1.29 is 4.74 Å². The van der Waals surface area contributed by atoms with E-state index in [-0.39, 0.29) is 24.8 Å². The molecule has 0 bridgehead atoms. The summed E-state index contributed by atoms with van der Waals surface area (Å²) in [6.07, 6.45) is 2.19. The molecule has 0 saturated heterocycles. The number of benzene rings is 1. The first kappa shape index (κ1) is 14.2. The highest BCUT2D eigenvalue weighted by Gasteiger charge is 2.13. The number of anilines is 2. The lowest BCUT2D eigenvalue weighted by Crippen LogP contribution is -2.13. The Hall–Kier alpha value is -0.800. The molecule has 0 spiro atoms. The molecule has 0 unspecified atom stereocenters. The van der Waals surface area contributed by atoms with Crippen LogP contribution < -0.4 is 15.8 Å². The molecule has 1 aliphatic rings. The van der Waals surface area contributed by atoms with Crippen LogP contribution in [0.3, 0.4) is 0 Å². The van der Waals surface area contributed by atoms with Gasteiger partial charge in [-0.3, -0.25) is 0 Å². The Bertz CT molecular complexity index is 331. The lowest BCUT2D eigenvalue weighted by atomic mass is 10.0. The number of hydrogen-bond donors (Lipinski definition) is 2. The summed E-state index contributed by atoms with van der Waals surface area (Å²) in [5.41, 5.74) is 9.09. The molecule has 0 aliphatic carbocycles. The van der Waals surface area contributed by atoms with Gasteiger partial charge < -0.3 is 15.8 Å². The molecule has 0 aromatic heterocycles. The summed E-state index contributed by atoms with van der Waals surface area (Å²) in [4.78, 5) is 0. The molecule has 15 heavy (non-hydrogen) atoms.